The summed E-state index contributed by atoms with van der Waals surface area (Å²) in [6.07, 6.45) is 3.93. The van der Waals surface area contributed by atoms with Crippen molar-refractivity contribution in [3.63, 3.8) is 0 Å². The van der Waals surface area contributed by atoms with Gasteiger partial charge >= 0.3 is 0 Å². The Hall–Kier alpha value is -2.09. The van der Waals surface area contributed by atoms with E-state index in [1.54, 1.807) is 16.9 Å². The largest absolute Gasteiger partial charge is 0.411 e. The van der Waals surface area contributed by atoms with Crippen LogP contribution in [0.3, 0.4) is 0 Å². The van der Waals surface area contributed by atoms with Crippen molar-refractivity contribution in [1.82, 2.24) is 20.0 Å². The van der Waals surface area contributed by atoms with Gasteiger partial charge in [0.25, 0.3) is 0 Å². The van der Waals surface area contributed by atoms with Crippen LogP contribution in [-0.2, 0) is 11.0 Å². The molecule has 1 aliphatic carbocycles. The molecule has 31 heavy (non-hydrogen) atoms. The molecule has 0 bridgehead atoms. The molecule has 1 aliphatic rings. The van der Waals surface area contributed by atoms with Gasteiger partial charge in [-0.25, -0.2) is 14.1 Å². The molecule has 0 amide bonds. The topological polar surface area (TPSA) is 52.8 Å². The molecule has 8 heteroatoms. The van der Waals surface area contributed by atoms with Crippen LogP contribution in [0.2, 0.25) is 23.3 Å². The Bertz CT molecular complexity index is 1110. The molecule has 0 unspecified atom stereocenters. The zero-order chi connectivity index (χ0) is 22.4. The maximum absolute atomic E-state index is 14.3. The first-order valence-corrected chi connectivity index (χ1v) is 13.8. The zero-order valence-electron chi connectivity index (χ0n) is 18.6. The molecule has 0 radical (unpaired) electrons. The predicted molar refractivity (Wildman–Crippen MR) is 124 cm³/mol. The standard InChI is InChI=1S/C23H28ClFN4OSi/c1-23(2,3)31(4,5)30-14-18-13-26-28-29(18)21-12-17(25)8-9-19(21)16-10-20(15-6-7-15)27-22(24)11-16/h8-13,15H,6-7,14H2,1-5H3. The summed E-state index contributed by atoms with van der Waals surface area (Å²) in [6.45, 7) is 11.4. The second-order valence-electron chi connectivity index (χ2n) is 9.73. The first-order valence-electron chi connectivity index (χ1n) is 10.6. The van der Waals surface area contributed by atoms with Crippen LogP contribution in [0, 0.1) is 5.82 Å². The summed E-state index contributed by atoms with van der Waals surface area (Å²) in [5, 5.41) is 8.87. The van der Waals surface area contributed by atoms with E-state index in [4.69, 9.17) is 16.0 Å². The normalized spacial score (nSPS) is 14.8. The Morgan fingerprint density at radius 2 is 1.94 bits per heavy atom. The number of pyridine rings is 1. The van der Waals surface area contributed by atoms with E-state index in [0.29, 0.717) is 23.4 Å². The molecule has 0 N–H and O–H groups in total. The molecule has 1 aromatic carbocycles. The molecular weight excluding hydrogens is 431 g/mol. The van der Waals surface area contributed by atoms with E-state index in [9.17, 15) is 4.39 Å². The van der Waals surface area contributed by atoms with Gasteiger partial charge in [0.2, 0.25) is 0 Å². The van der Waals surface area contributed by atoms with E-state index < -0.39 is 8.32 Å². The third-order valence-corrected chi connectivity index (χ3v) is 11.0. The van der Waals surface area contributed by atoms with Gasteiger partial charge in [0, 0.05) is 23.2 Å². The Balaban J connectivity index is 1.73. The lowest BCUT2D eigenvalue weighted by molar-refractivity contribution is 0.269. The van der Waals surface area contributed by atoms with Gasteiger partial charge in [-0.2, -0.15) is 0 Å². The number of hydrogen-bond donors (Lipinski definition) is 0. The second-order valence-corrected chi connectivity index (χ2v) is 14.9. The van der Waals surface area contributed by atoms with Crippen molar-refractivity contribution >= 4 is 19.9 Å². The summed E-state index contributed by atoms with van der Waals surface area (Å²) in [4.78, 5) is 4.47. The molecule has 2 aromatic heterocycles. The van der Waals surface area contributed by atoms with Crippen LogP contribution in [0.15, 0.2) is 36.5 Å². The van der Waals surface area contributed by atoms with Crippen LogP contribution in [0.4, 0.5) is 4.39 Å². The van der Waals surface area contributed by atoms with Gasteiger partial charge in [0.15, 0.2) is 8.32 Å². The van der Waals surface area contributed by atoms with Crippen molar-refractivity contribution in [3.05, 3.63) is 58.9 Å². The fourth-order valence-corrected chi connectivity index (χ4v) is 4.37. The lowest BCUT2D eigenvalue weighted by Gasteiger charge is -2.36. The number of hydrogen-bond acceptors (Lipinski definition) is 4. The highest BCUT2D eigenvalue weighted by molar-refractivity contribution is 6.74. The maximum atomic E-state index is 14.3. The highest BCUT2D eigenvalue weighted by Gasteiger charge is 2.37. The summed E-state index contributed by atoms with van der Waals surface area (Å²) in [5.41, 5.74) is 4.09. The van der Waals surface area contributed by atoms with Crippen LogP contribution in [0.1, 0.15) is 50.9 Å². The van der Waals surface area contributed by atoms with Crippen LogP contribution in [0.5, 0.6) is 0 Å². The molecule has 0 saturated heterocycles. The highest BCUT2D eigenvalue weighted by Crippen LogP contribution is 2.41. The first-order chi connectivity index (χ1) is 14.5. The van der Waals surface area contributed by atoms with Gasteiger partial charge in [-0.05, 0) is 60.8 Å². The van der Waals surface area contributed by atoms with E-state index in [1.807, 2.05) is 12.1 Å². The van der Waals surface area contributed by atoms with Crippen LogP contribution >= 0.6 is 11.6 Å². The first kappa shape index (κ1) is 22.1. The van der Waals surface area contributed by atoms with Crippen LogP contribution in [-0.4, -0.2) is 28.3 Å². The second kappa shape index (κ2) is 8.11. The Kier molecular flexibility index (Phi) is 5.79. The molecule has 164 valence electrons. The summed E-state index contributed by atoms with van der Waals surface area (Å²) < 4.78 is 22.3. The summed E-state index contributed by atoms with van der Waals surface area (Å²) in [6, 6.07) is 8.54. The molecular formula is C23H28ClFN4OSi. The number of rotatable bonds is 6. The number of halogens is 2. The number of aromatic nitrogens is 4. The van der Waals surface area contributed by atoms with Gasteiger partial charge in [0.1, 0.15) is 11.0 Å². The average molecular weight is 459 g/mol. The van der Waals surface area contributed by atoms with E-state index in [-0.39, 0.29) is 10.9 Å². The van der Waals surface area contributed by atoms with Gasteiger partial charge in [-0.15, -0.1) is 5.10 Å². The third-order valence-electron chi connectivity index (χ3n) is 6.32. The molecule has 3 aromatic rings. The van der Waals surface area contributed by atoms with Gasteiger partial charge in [-0.3, -0.25) is 0 Å². The van der Waals surface area contributed by atoms with Crippen molar-refractivity contribution < 1.29 is 8.82 Å². The smallest absolute Gasteiger partial charge is 0.192 e. The molecule has 2 heterocycles. The summed E-state index contributed by atoms with van der Waals surface area (Å²) in [7, 11) is -1.96. The molecule has 0 spiro atoms. The third kappa shape index (κ3) is 4.73. The van der Waals surface area contributed by atoms with Crippen LogP contribution in [0.25, 0.3) is 16.8 Å². The highest BCUT2D eigenvalue weighted by atomic mass is 35.5. The van der Waals surface area contributed by atoms with Gasteiger partial charge < -0.3 is 4.43 Å². The van der Waals surface area contributed by atoms with E-state index in [2.05, 4.69) is 49.2 Å². The summed E-state index contributed by atoms with van der Waals surface area (Å²) >= 11 is 6.32. The average Bonchev–Trinajstić information content (AvgIpc) is 3.43. The quantitative estimate of drug-likeness (QED) is 0.311. The molecule has 0 atom stereocenters. The van der Waals surface area contributed by atoms with Gasteiger partial charge in [0.05, 0.1) is 24.2 Å². The van der Waals surface area contributed by atoms with E-state index in [1.165, 1.54) is 12.1 Å². The zero-order valence-corrected chi connectivity index (χ0v) is 20.4. The van der Waals surface area contributed by atoms with Crippen molar-refractivity contribution in [2.45, 2.75) is 64.3 Å². The van der Waals surface area contributed by atoms with Crippen molar-refractivity contribution in [1.29, 1.82) is 0 Å². The Morgan fingerprint density at radius 3 is 2.61 bits per heavy atom. The molecule has 4 rings (SSSR count). The fraction of sp³-hybridized carbons (Fsp3) is 0.435. The Morgan fingerprint density at radius 1 is 1.19 bits per heavy atom. The minimum Gasteiger partial charge on any atom is -0.411 e. The van der Waals surface area contributed by atoms with Gasteiger partial charge in [-0.1, -0.05) is 37.6 Å². The monoisotopic (exact) mass is 458 g/mol. The molecule has 1 fully saturated rings. The minimum absolute atomic E-state index is 0.0856. The lowest BCUT2D eigenvalue weighted by atomic mass is 10.0. The van der Waals surface area contributed by atoms with Crippen molar-refractivity contribution in [2.24, 2.45) is 0 Å². The fourth-order valence-electron chi connectivity index (χ4n) is 3.21. The Labute approximate surface area is 188 Å². The summed E-state index contributed by atoms with van der Waals surface area (Å²) in [5.74, 6) is 0.120. The maximum Gasteiger partial charge on any atom is 0.192 e. The lowest BCUT2D eigenvalue weighted by Crippen LogP contribution is -2.40. The molecule has 5 nitrogen and oxygen atoms in total. The molecule has 1 saturated carbocycles. The number of nitrogens with zero attached hydrogens (tertiary/aromatic N) is 4. The van der Waals surface area contributed by atoms with Crippen molar-refractivity contribution in [3.8, 4) is 16.8 Å². The molecule has 0 aliphatic heterocycles. The van der Waals surface area contributed by atoms with Crippen LogP contribution < -0.4 is 0 Å². The number of benzene rings is 1. The van der Waals surface area contributed by atoms with E-state index >= 15 is 0 Å². The van der Waals surface area contributed by atoms with Crippen molar-refractivity contribution in [2.75, 3.05) is 0 Å². The van der Waals surface area contributed by atoms with E-state index in [0.717, 1.165) is 35.4 Å². The minimum atomic E-state index is -1.96. The predicted octanol–water partition coefficient (Wildman–Crippen LogP) is 6.52. The SMILES string of the molecule is CC(C)(C)[Si](C)(C)OCc1cnnn1-c1cc(F)ccc1-c1cc(Cl)nc(C2CC2)c1.